The van der Waals surface area contributed by atoms with Gasteiger partial charge in [0.05, 0.1) is 6.20 Å². The van der Waals surface area contributed by atoms with Gasteiger partial charge in [-0.3, -0.25) is 9.97 Å². The fourth-order valence-corrected chi connectivity index (χ4v) is 2.37. The third kappa shape index (κ3) is 7.05. The van der Waals surface area contributed by atoms with Crippen molar-refractivity contribution in [3.05, 3.63) is 54.1 Å². The van der Waals surface area contributed by atoms with E-state index in [1.165, 1.54) is 12.8 Å². The topological polar surface area (TPSA) is 47.0 Å². The van der Waals surface area contributed by atoms with Crippen molar-refractivity contribution < 1.29 is 4.74 Å². The van der Waals surface area contributed by atoms with Crippen LogP contribution in [0.2, 0.25) is 0 Å². The molecular weight excluding hydrogens is 369 g/mol. The van der Waals surface area contributed by atoms with Crippen LogP contribution in [0.15, 0.2) is 43.0 Å². The van der Waals surface area contributed by atoms with E-state index >= 15 is 0 Å². The second-order valence-electron chi connectivity index (χ2n) is 5.17. The van der Waals surface area contributed by atoms with Crippen LogP contribution in [0.5, 0.6) is 5.75 Å². The lowest BCUT2D eigenvalue weighted by atomic mass is 10.2. The van der Waals surface area contributed by atoms with Crippen LogP contribution in [0.25, 0.3) is 12.2 Å². The lowest BCUT2D eigenvalue weighted by Crippen LogP contribution is -2.28. The second kappa shape index (κ2) is 12.1. The van der Waals surface area contributed by atoms with E-state index < -0.39 is 0 Å². The molecule has 0 unspecified atom stereocenters. The Hall–Kier alpha value is -1.33. The summed E-state index contributed by atoms with van der Waals surface area (Å²) >= 11 is 0. The highest BCUT2D eigenvalue weighted by atomic mass is 35.5. The van der Waals surface area contributed by atoms with Crippen LogP contribution in [0.4, 0.5) is 0 Å². The molecule has 3 heterocycles. The molecule has 2 aromatic heterocycles. The molecule has 0 aromatic carbocycles. The van der Waals surface area contributed by atoms with E-state index in [1.807, 2.05) is 36.5 Å². The van der Waals surface area contributed by atoms with Gasteiger partial charge >= 0.3 is 0 Å². The van der Waals surface area contributed by atoms with E-state index in [-0.39, 0.29) is 37.2 Å². The zero-order valence-electron chi connectivity index (χ0n) is 13.1. The van der Waals surface area contributed by atoms with Crippen LogP contribution < -0.4 is 10.1 Å². The van der Waals surface area contributed by atoms with Crippen LogP contribution in [0.3, 0.4) is 0 Å². The molecule has 1 fully saturated rings. The number of nitrogens with one attached hydrogen (secondary N) is 1. The third-order valence-corrected chi connectivity index (χ3v) is 3.52. The summed E-state index contributed by atoms with van der Waals surface area (Å²) in [6.07, 6.45) is 13.7. The second-order valence-corrected chi connectivity index (χ2v) is 5.17. The number of hydrogen-bond acceptors (Lipinski definition) is 4. The molecular formula is C17H22Cl3N3O. The number of halogens is 3. The van der Waals surface area contributed by atoms with Gasteiger partial charge in [0.25, 0.3) is 0 Å². The van der Waals surface area contributed by atoms with Crippen molar-refractivity contribution in [3.63, 3.8) is 0 Å². The molecule has 0 aliphatic carbocycles. The Bertz CT molecular complexity index is 605. The number of aromatic nitrogens is 2. The van der Waals surface area contributed by atoms with Gasteiger partial charge in [-0.15, -0.1) is 37.2 Å². The van der Waals surface area contributed by atoms with Crippen molar-refractivity contribution in [2.75, 3.05) is 13.2 Å². The molecule has 2 aromatic rings. The molecule has 0 saturated carbocycles. The van der Waals surface area contributed by atoms with Crippen LogP contribution in [0.1, 0.15) is 24.0 Å². The number of rotatable bonds is 5. The molecule has 132 valence electrons. The van der Waals surface area contributed by atoms with E-state index in [1.54, 1.807) is 18.6 Å². The number of hydrogen-bond donors (Lipinski definition) is 1. The van der Waals surface area contributed by atoms with Gasteiger partial charge in [-0.25, -0.2) is 0 Å². The summed E-state index contributed by atoms with van der Waals surface area (Å²) in [4.78, 5) is 8.24. The predicted molar refractivity (Wildman–Crippen MR) is 106 cm³/mol. The van der Waals surface area contributed by atoms with Gasteiger partial charge in [-0.1, -0.05) is 12.2 Å². The Balaban J connectivity index is 0.00000176. The van der Waals surface area contributed by atoms with Crippen molar-refractivity contribution in [1.82, 2.24) is 15.3 Å². The van der Waals surface area contributed by atoms with Crippen LogP contribution in [-0.2, 0) is 0 Å². The molecule has 1 saturated heterocycles. The van der Waals surface area contributed by atoms with Crippen LogP contribution in [0, 0.1) is 0 Å². The first-order valence-electron chi connectivity index (χ1n) is 7.29. The zero-order valence-corrected chi connectivity index (χ0v) is 15.6. The summed E-state index contributed by atoms with van der Waals surface area (Å²) in [7, 11) is 0. The molecule has 1 aliphatic heterocycles. The van der Waals surface area contributed by atoms with Crippen molar-refractivity contribution >= 4 is 49.4 Å². The summed E-state index contributed by atoms with van der Waals surface area (Å²) < 4.78 is 5.81. The summed E-state index contributed by atoms with van der Waals surface area (Å²) in [6, 6.07) is 6.42. The van der Waals surface area contributed by atoms with E-state index in [0.717, 1.165) is 23.4 Å². The summed E-state index contributed by atoms with van der Waals surface area (Å²) in [6.45, 7) is 1.81. The lowest BCUT2D eigenvalue weighted by Gasteiger charge is -2.11. The highest BCUT2D eigenvalue weighted by Crippen LogP contribution is 2.15. The van der Waals surface area contributed by atoms with Gasteiger partial charge in [0.2, 0.25) is 0 Å². The third-order valence-electron chi connectivity index (χ3n) is 3.52. The van der Waals surface area contributed by atoms with E-state index in [9.17, 15) is 0 Å². The Morgan fingerprint density at radius 3 is 2.50 bits per heavy atom. The first-order chi connectivity index (χ1) is 10.4. The minimum absolute atomic E-state index is 0. The Morgan fingerprint density at radius 1 is 1.04 bits per heavy atom. The molecule has 4 nitrogen and oxygen atoms in total. The fraction of sp³-hybridized carbons (Fsp3) is 0.294. The smallest absolute Gasteiger partial charge is 0.138 e. The molecule has 0 amide bonds. The average molecular weight is 391 g/mol. The minimum atomic E-state index is 0. The quantitative estimate of drug-likeness (QED) is 0.837. The number of nitrogens with zero attached hydrogens (tertiary/aromatic N) is 2. The first-order valence-corrected chi connectivity index (χ1v) is 7.29. The van der Waals surface area contributed by atoms with Crippen molar-refractivity contribution in [1.29, 1.82) is 0 Å². The molecule has 3 rings (SSSR count). The largest absolute Gasteiger partial charge is 0.490 e. The number of ether oxygens (including phenoxy) is 1. The minimum Gasteiger partial charge on any atom is -0.490 e. The molecule has 0 bridgehead atoms. The SMILES string of the molecule is C(=C\c1cncc(OC[C@@H]2CCCN2)c1)/c1ccncc1.Cl.Cl.Cl. The molecule has 1 aliphatic rings. The van der Waals surface area contributed by atoms with Crippen molar-refractivity contribution in [3.8, 4) is 5.75 Å². The van der Waals surface area contributed by atoms with Gasteiger partial charge < -0.3 is 10.1 Å². The van der Waals surface area contributed by atoms with E-state index in [2.05, 4.69) is 15.3 Å². The highest BCUT2D eigenvalue weighted by molar-refractivity contribution is 5.86. The molecule has 0 radical (unpaired) electrons. The summed E-state index contributed by atoms with van der Waals surface area (Å²) in [5.41, 5.74) is 2.15. The normalized spacial score (nSPS) is 15.9. The average Bonchev–Trinajstić information content (AvgIpc) is 3.06. The Labute approximate surface area is 161 Å². The molecule has 0 spiro atoms. The summed E-state index contributed by atoms with van der Waals surface area (Å²) in [5, 5.41) is 3.42. The Kier molecular flexibility index (Phi) is 11.4. The fourth-order valence-electron chi connectivity index (χ4n) is 2.37. The zero-order chi connectivity index (χ0) is 14.3. The maximum absolute atomic E-state index is 5.81. The molecule has 24 heavy (non-hydrogen) atoms. The first kappa shape index (κ1) is 22.7. The highest BCUT2D eigenvalue weighted by Gasteiger charge is 2.14. The van der Waals surface area contributed by atoms with Crippen LogP contribution in [-0.4, -0.2) is 29.2 Å². The van der Waals surface area contributed by atoms with Crippen molar-refractivity contribution in [2.45, 2.75) is 18.9 Å². The lowest BCUT2D eigenvalue weighted by molar-refractivity contribution is 0.276. The standard InChI is InChI=1S/C17H19N3O.3ClH/c1-2-16(20-7-1)13-21-17-10-15(11-19-12-17)4-3-14-5-8-18-9-6-14;;;/h3-6,8-12,16,20H,1-2,7,13H2;3*1H/b4-3+;;;/t16-;;;/m0.../s1. The van der Waals surface area contributed by atoms with E-state index in [0.29, 0.717) is 12.6 Å². The Morgan fingerprint density at radius 2 is 1.79 bits per heavy atom. The molecule has 7 heteroatoms. The van der Waals surface area contributed by atoms with Gasteiger partial charge in [-0.2, -0.15) is 0 Å². The number of pyridine rings is 2. The molecule has 1 atom stereocenters. The summed E-state index contributed by atoms with van der Waals surface area (Å²) in [5.74, 6) is 0.820. The maximum atomic E-state index is 5.81. The van der Waals surface area contributed by atoms with Crippen molar-refractivity contribution in [2.24, 2.45) is 0 Å². The van der Waals surface area contributed by atoms with Gasteiger partial charge in [0.1, 0.15) is 12.4 Å². The van der Waals surface area contributed by atoms with Crippen LogP contribution >= 0.6 is 37.2 Å². The van der Waals surface area contributed by atoms with Gasteiger partial charge in [0.15, 0.2) is 0 Å². The maximum Gasteiger partial charge on any atom is 0.138 e. The van der Waals surface area contributed by atoms with E-state index in [4.69, 9.17) is 4.74 Å². The molecule has 1 N–H and O–H groups in total. The van der Waals surface area contributed by atoms with Gasteiger partial charge in [-0.05, 0) is 48.7 Å². The van der Waals surface area contributed by atoms with Gasteiger partial charge in [0, 0.05) is 24.6 Å². The monoisotopic (exact) mass is 389 g/mol. The predicted octanol–water partition coefficient (Wildman–Crippen LogP) is 4.04.